The summed E-state index contributed by atoms with van der Waals surface area (Å²) in [5, 5.41) is 2.78. The highest BCUT2D eigenvalue weighted by Gasteiger charge is 2.19. The zero-order valence-corrected chi connectivity index (χ0v) is 20.5. The standard InChI is InChI=1S/C28H29N7O2/c29-26(36)9-10-28(37)32-23-6-3-21(4-7-23)22-5-8-24-25(16-22)33-27(18-31-24)35-14-12-34(13-15-35)19-20-2-1-11-30-17-20/h1-8,11,16-18H,9-10,12-15,19H2,(H2,29,36)(H,32,37). The Balaban J connectivity index is 1.24. The molecule has 0 saturated carbocycles. The summed E-state index contributed by atoms with van der Waals surface area (Å²) < 4.78 is 0. The normalized spacial score (nSPS) is 14.0. The molecule has 37 heavy (non-hydrogen) atoms. The number of nitrogens with one attached hydrogen (secondary N) is 1. The number of nitrogens with two attached hydrogens (primary N) is 1. The molecule has 2 aromatic carbocycles. The van der Waals surface area contributed by atoms with Crippen LogP contribution in [0.5, 0.6) is 0 Å². The van der Waals surface area contributed by atoms with Crippen LogP contribution in [0, 0.1) is 0 Å². The maximum atomic E-state index is 11.9. The largest absolute Gasteiger partial charge is 0.370 e. The molecule has 188 valence electrons. The molecule has 0 spiro atoms. The Kier molecular flexibility index (Phi) is 7.32. The smallest absolute Gasteiger partial charge is 0.224 e. The molecular weight excluding hydrogens is 466 g/mol. The molecule has 9 heteroatoms. The second kappa shape index (κ2) is 11.1. The van der Waals surface area contributed by atoms with E-state index in [0.29, 0.717) is 5.69 Å². The molecule has 5 rings (SSSR count). The van der Waals surface area contributed by atoms with Crippen LogP contribution >= 0.6 is 0 Å². The highest BCUT2D eigenvalue weighted by molar-refractivity contribution is 5.93. The molecule has 0 radical (unpaired) electrons. The number of piperazine rings is 1. The first-order chi connectivity index (χ1) is 18.0. The zero-order chi connectivity index (χ0) is 25.6. The number of primary amides is 1. The van der Waals surface area contributed by atoms with Gasteiger partial charge in [-0.3, -0.25) is 24.5 Å². The summed E-state index contributed by atoms with van der Waals surface area (Å²) >= 11 is 0. The van der Waals surface area contributed by atoms with Crippen LogP contribution in [0.3, 0.4) is 0 Å². The molecule has 3 N–H and O–H groups in total. The SMILES string of the molecule is NC(=O)CCC(=O)Nc1ccc(-c2ccc3ncc(N4CCN(Cc5cccnc5)CC4)nc3c2)cc1. The van der Waals surface area contributed by atoms with E-state index in [4.69, 9.17) is 10.7 Å². The van der Waals surface area contributed by atoms with Crippen LogP contribution in [0.2, 0.25) is 0 Å². The number of carbonyl (C=O) groups excluding carboxylic acids is 2. The molecule has 1 saturated heterocycles. The first kappa shape index (κ1) is 24.3. The van der Waals surface area contributed by atoms with Gasteiger partial charge in [0.25, 0.3) is 0 Å². The molecule has 1 fully saturated rings. The number of hydrogen-bond donors (Lipinski definition) is 2. The van der Waals surface area contributed by atoms with Crippen molar-refractivity contribution in [1.82, 2.24) is 19.9 Å². The van der Waals surface area contributed by atoms with Gasteiger partial charge in [0.2, 0.25) is 11.8 Å². The van der Waals surface area contributed by atoms with Crippen LogP contribution in [0.25, 0.3) is 22.2 Å². The van der Waals surface area contributed by atoms with Gasteiger partial charge in [-0.2, -0.15) is 0 Å². The van der Waals surface area contributed by atoms with Gasteiger partial charge in [0.1, 0.15) is 5.82 Å². The van der Waals surface area contributed by atoms with Crippen molar-refractivity contribution in [3.05, 3.63) is 78.8 Å². The number of fused-ring (bicyclic) bond motifs is 1. The maximum Gasteiger partial charge on any atom is 0.224 e. The van der Waals surface area contributed by atoms with Gasteiger partial charge >= 0.3 is 0 Å². The van der Waals surface area contributed by atoms with Crippen LogP contribution in [0.4, 0.5) is 11.5 Å². The van der Waals surface area contributed by atoms with E-state index in [1.165, 1.54) is 5.56 Å². The van der Waals surface area contributed by atoms with E-state index in [2.05, 4.69) is 31.2 Å². The van der Waals surface area contributed by atoms with Gasteiger partial charge in [0.05, 0.1) is 17.2 Å². The van der Waals surface area contributed by atoms with E-state index in [1.807, 2.05) is 60.9 Å². The third-order valence-corrected chi connectivity index (χ3v) is 6.46. The molecule has 9 nitrogen and oxygen atoms in total. The quantitative estimate of drug-likeness (QED) is 0.385. The lowest BCUT2D eigenvalue weighted by atomic mass is 10.0. The zero-order valence-electron chi connectivity index (χ0n) is 20.5. The number of pyridine rings is 1. The Morgan fingerprint density at radius 3 is 2.41 bits per heavy atom. The minimum atomic E-state index is -0.490. The lowest BCUT2D eigenvalue weighted by molar-refractivity contribution is -0.122. The van der Waals surface area contributed by atoms with E-state index in [9.17, 15) is 9.59 Å². The van der Waals surface area contributed by atoms with E-state index in [-0.39, 0.29) is 18.7 Å². The van der Waals surface area contributed by atoms with Gasteiger partial charge in [0, 0.05) is 63.6 Å². The molecule has 4 aromatic rings. The van der Waals surface area contributed by atoms with Crippen molar-refractivity contribution in [2.24, 2.45) is 5.73 Å². The number of hydrogen-bond acceptors (Lipinski definition) is 7. The van der Waals surface area contributed by atoms with Gasteiger partial charge in [-0.15, -0.1) is 0 Å². The number of amides is 2. The fourth-order valence-corrected chi connectivity index (χ4v) is 4.42. The van der Waals surface area contributed by atoms with Gasteiger partial charge in [-0.25, -0.2) is 4.98 Å². The average molecular weight is 496 g/mol. The number of rotatable bonds is 8. The summed E-state index contributed by atoms with van der Waals surface area (Å²) in [5.41, 5.74) is 10.7. The first-order valence-corrected chi connectivity index (χ1v) is 12.3. The Morgan fingerprint density at radius 1 is 0.892 bits per heavy atom. The van der Waals surface area contributed by atoms with Crippen molar-refractivity contribution < 1.29 is 9.59 Å². The number of carbonyl (C=O) groups is 2. The van der Waals surface area contributed by atoms with Crippen molar-refractivity contribution >= 4 is 34.4 Å². The molecule has 0 atom stereocenters. The summed E-state index contributed by atoms with van der Waals surface area (Å²) in [7, 11) is 0. The van der Waals surface area contributed by atoms with Gasteiger partial charge in [0.15, 0.2) is 0 Å². The number of aromatic nitrogens is 3. The molecule has 1 aliphatic rings. The van der Waals surface area contributed by atoms with Crippen molar-refractivity contribution in [3.63, 3.8) is 0 Å². The molecular formula is C28H29N7O2. The van der Waals surface area contributed by atoms with Crippen LogP contribution in [-0.4, -0.2) is 57.8 Å². The molecule has 0 aliphatic carbocycles. The predicted octanol–water partition coefficient (Wildman–Crippen LogP) is 3.22. The Morgan fingerprint density at radius 2 is 1.68 bits per heavy atom. The average Bonchev–Trinajstić information content (AvgIpc) is 2.93. The number of benzene rings is 2. The van der Waals surface area contributed by atoms with Gasteiger partial charge in [-0.05, 0) is 47.0 Å². The minimum Gasteiger partial charge on any atom is -0.370 e. The Labute approximate surface area is 215 Å². The summed E-state index contributed by atoms with van der Waals surface area (Å²) in [4.78, 5) is 41.3. The van der Waals surface area contributed by atoms with Crippen molar-refractivity contribution in [3.8, 4) is 11.1 Å². The van der Waals surface area contributed by atoms with E-state index in [1.54, 1.807) is 6.20 Å². The highest BCUT2D eigenvalue weighted by Crippen LogP contribution is 2.26. The molecule has 2 amide bonds. The number of anilines is 2. The Hall–Kier alpha value is -4.37. The summed E-state index contributed by atoms with van der Waals surface area (Å²) in [6.07, 6.45) is 5.69. The molecule has 0 unspecified atom stereocenters. The van der Waals surface area contributed by atoms with Crippen molar-refractivity contribution in [2.75, 3.05) is 36.4 Å². The van der Waals surface area contributed by atoms with Crippen LogP contribution < -0.4 is 16.0 Å². The second-order valence-electron chi connectivity index (χ2n) is 9.15. The first-order valence-electron chi connectivity index (χ1n) is 12.3. The third-order valence-electron chi connectivity index (χ3n) is 6.46. The molecule has 3 heterocycles. The maximum absolute atomic E-state index is 11.9. The fourth-order valence-electron chi connectivity index (χ4n) is 4.42. The van der Waals surface area contributed by atoms with Crippen LogP contribution in [0.1, 0.15) is 18.4 Å². The molecule has 1 aliphatic heterocycles. The van der Waals surface area contributed by atoms with Gasteiger partial charge < -0.3 is 16.0 Å². The van der Waals surface area contributed by atoms with Crippen LogP contribution in [0.15, 0.2) is 73.2 Å². The summed E-state index contributed by atoms with van der Waals surface area (Å²) in [6.45, 7) is 4.62. The monoisotopic (exact) mass is 495 g/mol. The minimum absolute atomic E-state index is 0.0329. The Bertz CT molecular complexity index is 1390. The topological polar surface area (TPSA) is 117 Å². The molecule has 0 bridgehead atoms. The van der Waals surface area contributed by atoms with Crippen LogP contribution in [-0.2, 0) is 16.1 Å². The molecule has 2 aromatic heterocycles. The number of nitrogens with zero attached hydrogens (tertiary/aromatic N) is 5. The second-order valence-corrected chi connectivity index (χ2v) is 9.15. The van der Waals surface area contributed by atoms with E-state index < -0.39 is 5.91 Å². The lowest BCUT2D eigenvalue weighted by Gasteiger charge is -2.35. The highest BCUT2D eigenvalue weighted by atomic mass is 16.2. The summed E-state index contributed by atoms with van der Waals surface area (Å²) in [5.74, 6) is 0.161. The fraction of sp³-hybridized carbons (Fsp3) is 0.250. The lowest BCUT2D eigenvalue weighted by Crippen LogP contribution is -2.46. The predicted molar refractivity (Wildman–Crippen MR) is 144 cm³/mol. The van der Waals surface area contributed by atoms with Gasteiger partial charge in [-0.1, -0.05) is 24.3 Å². The van der Waals surface area contributed by atoms with E-state index >= 15 is 0 Å². The van der Waals surface area contributed by atoms with Crippen molar-refractivity contribution in [2.45, 2.75) is 19.4 Å². The third kappa shape index (κ3) is 6.25. The summed E-state index contributed by atoms with van der Waals surface area (Å²) in [6, 6.07) is 17.7. The van der Waals surface area contributed by atoms with E-state index in [0.717, 1.165) is 60.7 Å². The van der Waals surface area contributed by atoms with Crippen molar-refractivity contribution in [1.29, 1.82) is 0 Å².